The second-order valence-corrected chi connectivity index (χ2v) is 10.6. The number of piperidine rings is 1. The van der Waals surface area contributed by atoms with E-state index in [-0.39, 0.29) is 24.4 Å². The zero-order chi connectivity index (χ0) is 27.0. The van der Waals surface area contributed by atoms with E-state index < -0.39 is 11.2 Å². The van der Waals surface area contributed by atoms with Crippen LogP contribution < -0.4 is 11.2 Å². The maximum Gasteiger partial charge on any atom is 0.331 e. The number of halogens is 1. The van der Waals surface area contributed by atoms with Crippen molar-refractivity contribution in [3.05, 3.63) is 91.2 Å². The van der Waals surface area contributed by atoms with Crippen molar-refractivity contribution in [2.24, 2.45) is 7.05 Å². The minimum Gasteiger partial charge on any atom is -0.341 e. The van der Waals surface area contributed by atoms with E-state index in [1.54, 1.807) is 17.0 Å². The number of rotatable bonds is 4. The first kappa shape index (κ1) is 26.0. The van der Waals surface area contributed by atoms with Crippen molar-refractivity contribution >= 4 is 23.4 Å². The smallest absolute Gasteiger partial charge is 0.331 e. The SMILES string of the molecule is Cc1ccc(Cl)cc1-c1cn(CC(=O)N2CCC(N3CCc4ccccc4CC3=O)CC2)c(=O)n(C)c1=O. The van der Waals surface area contributed by atoms with Crippen molar-refractivity contribution < 1.29 is 9.59 Å². The van der Waals surface area contributed by atoms with E-state index in [0.717, 1.165) is 22.1 Å². The average molecular weight is 535 g/mol. The van der Waals surface area contributed by atoms with Gasteiger partial charge in [-0.2, -0.15) is 0 Å². The molecule has 0 bridgehead atoms. The first-order valence-electron chi connectivity index (χ1n) is 12.9. The average Bonchev–Trinajstić information content (AvgIpc) is 3.08. The lowest BCUT2D eigenvalue weighted by molar-refractivity contribution is -0.136. The van der Waals surface area contributed by atoms with Gasteiger partial charge in [-0.1, -0.05) is 41.9 Å². The predicted molar refractivity (Wildman–Crippen MR) is 146 cm³/mol. The monoisotopic (exact) mass is 534 g/mol. The summed E-state index contributed by atoms with van der Waals surface area (Å²) >= 11 is 6.16. The summed E-state index contributed by atoms with van der Waals surface area (Å²) in [5, 5.41) is 0.483. The van der Waals surface area contributed by atoms with Crippen LogP contribution in [0, 0.1) is 6.92 Å². The fourth-order valence-corrected chi connectivity index (χ4v) is 5.74. The van der Waals surface area contributed by atoms with Gasteiger partial charge in [-0.15, -0.1) is 0 Å². The number of benzene rings is 2. The zero-order valence-corrected chi connectivity index (χ0v) is 22.4. The molecule has 38 heavy (non-hydrogen) atoms. The largest absolute Gasteiger partial charge is 0.341 e. The second-order valence-electron chi connectivity index (χ2n) is 10.2. The molecule has 1 aromatic heterocycles. The Morgan fingerprint density at radius 3 is 2.42 bits per heavy atom. The highest BCUT2D eigenvalue weighted by molar-refractivity contribution is 6.30. The molecule has 2 aliphatic heterocycles. The van der Waals surface area contributed by atoms with Crippen LogP contribution in [0.2, 0.25) is 5.02 Å². The van der Waals surface area contributed by atoms with Crippen molar-refractivity contribution in [2.45, 2.75) is 45.2 Å². The lowest BCUT2D eigenvalue weighted by Crippen LogP contribution is -2.50. The lowest BCUT2D eigenvalue weighted by atomic mass is 10.0. The maximum absolute atomic E-state index is 13.2. The van der Waals surface area contributed by atoms with E-state index in [2.05, 4.69) is 6.07 Å². The quantitative estimate of drug-likeness (QED) is 0.515. The fraction of sp³-hybridized carbons (Fsp3) is 0.379. The number of likely N-dealkylation sites (tertiary alicyclic amines) is 1. The number of carbonyl (C=O) groups is 2. The van der Waals surface area contributed by atoms with Crippen molar-refractivity contribution in [1.82, 2.24) is 18.9 Å². The van der Waals surface area contributed by atoms with Gasteiger partial charge in [0, 0.05) is 43.9 Å². The van der Waals surface area contributed by atoms with Crippen molar-refractivity contribution in [3.63, 3.8) is 0 Å². The van der Waals surface area contributed by atoms with Gasteiger partial charge in [-0.25, -0.2) is 4.79 Å². The Morgan fingerprint density at radius 1 is 0.974 bits per heavy atom. The number of hydrogen-bond donors (Lipinski definition) is 0. The molecule has 1 saturated heterocycles. The Bertz CT molecular complexity index is 1520. The number of carbonyl (C=O) groups excluding carboxylic acids is 2. The highest BCUT2D eigenvalue weighted by Crippen LogP contribution is 2.25. The van der Waals surface area contributed by atoms with Gasteiger partial charge in [0.1, 0.15) is 6.54 Å². The molecule has 3 heterocycles. The molecule has 0 radical (unpaired) electrons. The van der Waals surface area contributed by atoms with Gasteiger partial charge in [0.05, 0.1) is 12.0 Å². The number of hydrogen-bond acceptors (Lipinski definition) is 4. The third-order valence-electron chi connectivity index (χ3n) is 7.81. The van der Waals surface area contributed by atoms with E-state index in [1.165, 1.54) is 23.4 Å². The molecule has 0 N–H and O–H groups in total. The Kier molecular flexibility index (Phi) is 7.25. The Morgan fingerprint density at radius 2 is 1.68 bits per heavy atom. The molecule has 2 amide bonds. The number of nitrogens with zero attached hydrogens (tertiary/aromatic N) is 4. The number of aryl methyl sites for hydroxylation is 1. The molecule has 3 aromatic rings. The van der Waals surface area contributed by atoms with Crippen LogP contribution in [0.3, 0.4) is 0 Å². The number of aromatic nitrogens is 2. The molecule has 9 heteroatoms. The summed E-state index contributed by atoms with van der Waals surface area (Å²) in [6.45, 7) is 3.42. The third kappa shape index (κ3) is 5.05. The van der Waals surface area contributed by atoms with E-state index >= 15 is 0 Å². The molecular weight excluding hydrogens is 504 g/mol. The summed E-state index contributed by atoms with van der Waals surface area (Å²) in [6, 6.07) is 13.4. The summed E-state index contributed by atoms with van der Waals surface area (Å²) in [6.07, 6.45) is 4.11. The van der Waals surface area contributed by atoms with Gasteiger partial charge >= 0.3 is 5.69 Å². The lowest BCUT2D eigenvalue weighted by Gasteiger charge is -2.38. The summed E-state index contributed by atoms with van der Waals surface area (Å²) in [7, 11) is 1.41. The fourth-order valence-electron chi connectivity index (χ4n) is 5.57. The van der Waals surface area contributed by atoms with Gasteiger partial charge in [0.2, 0.25) is 11.8 Å². The van der Waals surface area contributed by atoms with Crippen molar-refractivity contribution in [2.75, 3.05) is 19.6 Å². The van der Waals surface area contributed by atoms with E-state index in [9.17, 15) is 19.2 Å². The van der Waals surface area contributed by atoms with Gasteiger partial charge in [0.25, 0.3) is 5.56 Å². The molecule has 8 nitrogen and oxygen atoms in total. The summed E-state index contributed by atoms with van der Waals surface area (Å²) in [5.41, 5.74) is 3.14. The standard InChI is InChI=1S/C29H31ClN4O4/c1-19-7-8-22(30)16-24(19)25-17-33(29(38)31(2)28(25)37)18-27(36)32-12-10-23(11-13-32)34-14-9-20-5-3-4-6-21(20)15-26(34)35/h3-8,16-17,23H,9-15,18H2,1-2H3. The molecule has 2 aromatic carbocycles. The third-order valence-corrected chi connectivity index (χ3v) is 8.04. The van der Waals surface area contributed by atoms with Crippen molar-refractivity contribution in [1.29, 1.82) is 0 Å². The van der Waals surface area contributed by atoms with Crippen LogP contribution in [0.25, 0.3) is 11.1 Å². The van der Waals surface area contributed by atoms with Crippen LogP contribution in [-0.2, 0) is 36.0 Å². The Hall–Kier alpha value is -3.65. The molecular formula is C29H31ClN4O4. The van der Waals surface area contributed by atoms with Crippen LogP contribution in [0.4, 0.5) is 0 Å². The Balaban J connectivity index is 1.28. The molecule has 2 aliphatic rings. The van der Waals surface area contributed by atoms with E-state index in [1.807, 2.05) is 36.1 Å². The van der Waals surface area contributed by atoms with Gasteiger partial charge in [-0.05, 0) is 60.6 Å². The second kappa shape index (κ2) is 10.6. The minimum absolute atomic E-state index is 0.0959. The van der Waals surface area contributed by atoms with Crippen LogP contribution in [-0.4, -0.2) is 56.4 Å². The topological polar surface area (TPSA) is 84.6 Å². The minimum atomic E-state index is -0.545. The van der Waals surface area contributed by atoms with Crippen LogP contribution in [0.5, 0.6) is 0 Å². The van der Waals surface area contributed by atoms with Crippen LogP contribution in [0.15, 0.2) is 58.3 Å². The number of amides is 2. The molecule has 0 atom stereocenters. The van der Waals surface area contributed by atoms with Crippen LogP contribution in [0.1, 0.15) is 29.5 Å². The Labute approximate surface area is 226 Å². The molecule has 0 saturated carbocycles. The highest BCUT2D eigenvalue weighted by Gasteiger charge is 2.31. The summed E-state index contributed by atoms with van der Waals surface area (Å²) in [5.74, 6) is -0.0483. The summed E-state index contributed by atoms with van der Waals surface area (Å²) < 4.78 is 2.32. The molecule has 0 spiro atoms. The van der Waals surface area contributed by atoms with Gasteiger partial charge in [-0.3, -0.25) is 23.5 Å². The molecule has 198 valence electrons. The molecule has 1 fully saturated rings. The van der Waals surface area contributed by atoms with Gasteiger partial charge in [0.15, 0.2) is 0 Å². The molecule has 0 aliphatic carbocycles. The maximum atomic E-state index is 13.2. The molecule has 5 rings (SSSR count). The van der Waals surface area contributed by atoms with Crippen LogP contribution >= 0.6 is 11.6 Å². The summed E-state index contributed by atoms with van der Waals surface area (Å²) in [4.78, 5) is 55.7. The van der Waals surface area contributed by atoms with Crippen molar-refractivity contribution in [3.8, 4) is 11.1 Å². The first-order valence-corrected chi connectivity index (χ1v) is 13.3. The predicted octanol–water partition coefficient (Wildman–Crippen LogP) is 2.79. The number of fused-ring (bicyclic) bond motifs is 1. The normalized spacial score (nSPS) is 16.3. The zero-order valence-electron chi connectivity index (χ0n) is 21.7. The van der Waals surface area contributed by atoms with Gasteiger partial charge < -0.3 is 9.80 Å². The molecule has 0 unspecified atom stereocenters. The highest BCUT2D eigenvalue weighted by atomic mass is 35.5. The van der Waals surface area contributed by atoms with E-state index in [4.69, 9.17) is 11.6 Å². The first-order chi connectivity index (χ1) is 18.2. The van der Waals surface area contributed by atoms with E-state index in [0.29, 0.717) is 55.0 Å².